The second kappa shape index (κ2) is 9.33. The molecule has 2 aromatic carbocycles. The van der Waals surface area contributed by atoms with Crippen molar-refractivity contribution < 1.29 is 4.79 Å². The zero-order valence-electron chi connectivity index (χ0n) is 16.8. The number of likely N-dealkylation sites (tertiary alicyclic amines) is 1. The Balaban J connectivity index is 1.28. The fourth-order valence-corrected chi connectivity index (χ4v) is 4.78. The van der Waals surface area contributed by atoms with Crippen molar-refractivity contribution in [3.63, 3.8) is 0 Å². The first kappa shape index (κ1) is 19.8. The Kier molecular flexibility index (Phi) is 6.37. The van der Waals surface area contributed by atoms with Gasteiger partial charge in [0.2, 0.25) is 0 Å². The molecule has 0 spiro atoms. The molecule has 1 aliphatic heterocycles. The highest BCUT2D eigenvalue weighted by molar-refractivity contribution is 7.11. The number of nitrogens with zero attached hydrogens (tertiary/aromatic N) is 2. The molecule has 1 N–H and O–H groups in total. The van der Waals surface area contributed by atoms with Crippen LogP contribution >= 0.6 is 11.3 Å². The van der Waals surface area contributed by atoms with E-state index in [1.165, 1.54) is 17.7 Å². The molecule has 0 aliphatic carbocycles. The van der Waals surface area contributed by atoms with Crippen molar-refractivity contribution in [1.29, 1.82) is 0 Å². The number of piperidine rings is 1. The number of aryl methyl sites for hydroxylation is 1. The van der Waals surface area contributed by atoms with Crippen LogP contribution in [0.15, 0.2) is 60.8 Å². The van der Waals surface area contributed by atoms with E-state index in [0.717, 1.165) is 47.9 Å². The lowest BCUT2D eigenvalue weighted by atomic mass is 9.97. The molecular weight excluding hydrogens is 378 g/mol. The summed E-state index contributed by atoms with van der Waals surface area (Å²) in [6.07, 6.45) is 4.35. The van der Waals surface area contributed by atoms with Crippen molar-refractivity contribution in [2.45, 2.75) is 26.3 Å². The van der Waals surface area contributed by atoms with Gasteiger partial charge in [-0.25, -0.2) is 4.98 Å². The van der Waals surface area contributed by atoms with Gasteiger partial charge in [0.05, 0.1) is 5.01 Å². The predicted molar refractivity (Wildman–Crippen MR) is 119 cm³/mol. The maximum Gasteiger partial charge on any atom is 0.251 e. The number of thiazole rings is 1. The molecule has 3 aromatic rings. The van der Waals surface area contributed by atoms with E-state index in [-0.39, 0.29) is 5.91 Å². The fourth-order valence-electron chi connectivity index (χ4n) is 3.94. The van der Waals surface area contributed by atoms with Gasteiger partial charge in [-0.05, 0) is 55.5 Å². The maximum absolute atomic E-state index is 12.6. The molecule has 1 saturated heterocycles. The lowest BCUT2D eigenvalue weighted by Gasteiger charge is -2.32. The second-order valence-electron chi connectivity index (χ2n) is 7.74. The Morgan fingerprint density at radius 1 is 1.14 bits per heavy atom. The molecule has 5 heteroatoms. The van der Waals surface area contributed by atoms with Crippen LogP contribution in [-0.2, 0) is 6.54 Å². The van der Waals surface area contributed by atoms with Gasteiger partial charge in [0.25, 0.3) is 5.91 Å². The summed E-state index contributed by atoms with van der Waals surface area (Å²) in [5.41, 5.74) is 3.01. The molecule has 29 heavy (non-hydrogen) atoms. The average molecular weight is 406 g/mol. The van der Waals surface area contributed by atoms with Crippen LogP contribution in [0.3, 0.4) is 0 Å². The Morgan fingerprint density at radius 2 is 1.90 bits per heavy atom. The van der Waals surface area contributed by atoms with Crippen LogP contribution in [0.25, 0.3) is 11.1 Å². The number of benzene rings is 2. The molecule has 1 unspecified atom stereocenters. The summed E-state index contributed by atoms with van der Waals surface area (Å²) in [6, 6.07) is 18.1. The van der Waals surface area contributed by atoms with Crippen LogP contribution in [0.5, 0.6) is 0 Å². The highest BCUT2D eigenvalue weighted by atomic mass is 32.1. The molecule has 1 amide bonds. The summed E-state index contributed by atoms with van der Waals surface area (Å²) in [5.74, 6) is 0.519. The third-order valence-corrected chi connectivity index (χ3v) is 6.35. The number of nitrogens with one attached hydrogen (secondary N) is 1. The van der Waals surface area contributed by atoms with Crippen LogP contribution in [0.1, 0.15) is 33.1 Å². The van der Waals surface area contributed by atoms with Crippen molar-refractivity contribution in [3.05, 3.63) is 76.2 Å². The van der Waals surface area contributed by atoms with Crippen molar-refractivity contribution in [2.75, 3.05) is 19.6 Å². The highest BCUT2D eigenvalue weighted by Gasteiger charge is 2.21. The molecule has 4 nitrogen and oxygen atoms in total. The Bertz CT molecular complexity index is 936. The Labute approximate surface area is 176 Å². The van der Waals surface area contributed by atoms with Gasteiger partial charge >= 0.3 is 0 Å². The minimum atomic E-state index is 0.0137. The number of rotatable bonds is 6. The molecular formula is C24H27N3OS. The Morgan fingerprint density at radius 3 is 2.62 bits per heavy atom. The van der Waals surface area contributed by atoms with Gasteiger partial charge in [-0.3, -0.25) is 9.69 Å². The van der Waals surface area contributed by atoms with Crippen molar-refractivity contribution in [1.82, 2.24) is 15.2 Å². The summed E-state index contributed by atoms with van der Waals surface area (Å²) in [7, 11) is 0. The van der Waals surface area contributed by atoms with Crippen LogP contribution in [0, 0.1) is 12.8 Å². The van der Waals surface area contributed by atoms with E-state index in [1.807, 2.05) is 48.7 Å². The monoisotopic (exact) mass is 405 g/mol. The molecule has 2 heterocycles. The van der Waals surface area contributed by atoms with Crippen LogP contribution in [-0.4, -0.2) is 35.4 Å². The van der Waals surface area contributed by atoms with Crippen LogP contribution < -0.4 is 5.32 Å². The maximum atomic E-state index is 12.6. The molecule has 0 radical (unpaired) electrons. The summed E-state index contributed by atoms with van der Waals surface area (Å²) in [6.45, 7) is 5.91. The minimum Gasteiger partial charge on any atom is -0.352 e. The third kappa shape index (κ3) is 5.31. The lowest BCUT2D eigenvalue weighted by molar-refractivity contribution is 0.0931. The lowest BCUT2D eigenvalue weighted by Crippen LogP contribution is -2.40. The predicted octanol–water partition coefficient (Wildman–Crippen LogP) is 4.76. The number of carbonyl (C=O) groups is 1. The van der Waals surface area contributed by atoms with Gasteiger partial charge in [0.1, 0.15) is 0 Å². The van der Waals surface area contributed by atoms with Gasteiger partial charge in [-0.1, -0.05) is 42.5 Å². The zero-order valence-corrected chi connectivity index (χ0v) is 17.6. The third-order valence-electron chi connectivity index (χ3n) is 5.46. The van der Waals surface area contributed by atoms with Gasteiger partial charge in [0.15, 0.2) is 0 Å². The highest BCUT2D eigenvalue weighted by Crippen LogP contribution is 2.21. The zero-order chi connectivity index (χ0) is 20.1. The molecule has 0 saturated carbocycles. The van der Waals surface area contributed by atoms with Crippen molar-refractivity contribution in [3.8, 4) is 11.1 Å². The summed E-state index contributed by atoms with van der Waals surface area (Å²) in [4.78, 5) is 20.7. The first-order chi connectivity index (χ1) is 14.2. The normalized spacial score (nSPS) is 17.2. The number of aromatic nitrogens is 1. The van der Waals surface area contributed by atoms with E-state index in [4.69, 9.17) is 0 Å². The average Bonchev–Trinajstić information content (AvgIpc) is 3.17. The molecule has 1 aliphatic rings. The number of amides is 1. The molecule has 4 rings (SSSR count). The SMILES string of the molecule is Cc1ncc(CN2CCCC(CNC(=O)c3ccc(-c4ccccc4)cc3)C2)s1. The summed E-state index contributed by atoms with van der Waals surface area (Å²) < 4.78 is 0. The van der Waals surface area contributed by atoms with Gasteiger partial charge in [-0.15, -0.1) is 11.3 Å². The van der Waals surface area contributed by atoms with E-state index in [1.54, 1.807) is 11.3 Å². The summed E-state index contributed by atoms with van der Waals surface area (Å²) in [5, 5.41) is 4.27. The van der Waals surface area contributed by atoms with Crippen molar-refractivity contribution >= 4 is 17.2 Å². The second-order valence-corrected chi connectivity index (χ2v) is 9.06. The molecule has 1 fully saturated rings. The van der Waals surface area contributed by atoms with Crippen molar-refractivity contribution in [2.24, 2.45) is 5.92 Å². The van der Waals surface area contributed by atoms with E-state index in [2.05, 4.69) is 34.3 Å². The van der Waals surface area contributed by atoms with E-state index < -0.39 is 0 Å². The smallest absolute Gasteiger partial charge is 0.251 e. The molecule has 150 valence electrons. The van der Waals surface area contributed by atoms with Gasteiger partial charge in [-0.2, -0.15) is 0 Å². The fraction of sp³-hybridized carbons (Fsp3) is 0.333. The number of hydrogen-bond donors (Lipinski definition) is 1. The van der Waals surface area contributed by atoms with E-state index in [0.29, 0.717) is 5.92 Å². The topological polar surface area (TPSA) is 45.2 Å². The van der Waals surface area contributed by atoms with Gasteiger partial charge in [0, 0.05) is 36.3 Å². The number of hydrogen-bond acceptors (Lipinski definition) is 4. The molecule has 1 aromatic heterocycles. The van der Waals surface area contributed by atoms with E-state index >= 15 is 0 Å². The van der Waals surface area contributed by atoms with E-state index in [9.17, 15) is 4.79 Å². The molecule has 0 bridgehead atoms. The largest absolute Gasteiger partial charge is 0.352 e. The van der Waals surface area contributed by atoms with Crippen LogP contribution in [0.4, 0.5) is 0 Å². The number of carbonyl (C=O) groups excluding carboxylic acids is 1. The molecule has 1 atom stereocenters. The quantitative estimate of drug-likeness (QED) is 0.643. The van der Waals surface area contributed by atoms with Gasteiger partial charge < -0.3 is 5.32 Å². The summed E-state index contributed by atoms with van der Waals surface area (Å²) >= 11 is 1.78. The standard InChI is InChI=1S/C24H27N3OS/c1-18-25-15-23(29-18)17-27-13-5-6-19(16-27)14-26-24(28)22-11-9-21(10-12-22)20-7-3-2-4-8-20/h2-4,7-12,15,19H,5-6,13-14,16-17H2,1H3,(H,26,28). The first-order valence-electron chi connectivity index (χ1n) is 10.2. The van der Waals surface area contributed by atoms with Crippen LogP contribution in [0.2, 0.25) is 0 Å². The Hall–Kier alpha value is -2.50. The first-order valence-corrected chi connectivity index (χ1v) is 11.1. The minimum absolute atomic E-state index is 0.0137.